The van der Waals surface area contributed by atoms with Crippen molar-refractivity contribution in [2.45, 2.75) is 39.2 Å². The second-order valence-corrected chi connectivity index (χ2v) is 5.57. The molecule has 0 saturated heterocycles. The predicted molar refractivity (Wildman–Crippen MR) is 81.5 cm³/mol. The first-order chi connectivity index (χ1) is 10.0. The maximum Gasteiger partial charge on any atom is 0.292 e. The highest BCUT2D eigenvalue weighted by Crippen LogP contribution is 2.35. The van der Waals surface area contributed by atoms with Crippen molar-refractivity contribution < 1.29 is 9.72 Å². The van der Waals surface area contributed by atoms with Gasteiger partial charge in [0.2, 0.25) is 0 Å². The second kappa shape index (κ2) is 6.56. The van der Waals surface area contributed by atoms with Crippen LogP contribution in [0.5, 0.6) is 0 Å². The molecular weight excluding hydrogens is 270 g/mol. The Balaban J connectivity index is 2.19. The van der Waals surface area contributed by atoms with Gasteiger partial charge in [-0.1, -0.05) is 12.8 Å². The number of nitrogens with one attached hydrogen (secondary N) is 2. The maximum absolute atomic E-state index is 11.8. The van der Waals surface area contributed by atoms with Gasteiger partial charge in [0, 0.05) is 24.2 Å². The molecule has 1 aromatic rings. The molecule has 1 aromatic carbocycles. The van der Waals surface area contributed by atoms with Crippen LogP contribution in [0.15, 0.2) is 18.2 Å². The van der Waals surface area contributed by atoms with Crippen molar-refractivity contribution in [3.63, 3.8) is 0 Å². The number of nitrogens with zero attached hydrogens (tertiary/aromatic N) is 1. The van der Waals surface area contributed by atoms with Crippen LogP contribution < -0.4 is 10.6 Å². The summed E-state index contributed by atoms with van der Waals surface area (Å²) in [6.45, 7) is 4.37. The molecular formula is C15H21N3O3. The van der Waals surface area contributed by atoms with Crippen LogP contribution in [0, 0.1) is 16.0 Å². The van der Waals surface area contributed by atoms with E-state index in [0.29, 0.717) is 17.8 Å². The van der Waals surface area contributed by atoms with Crippen LogP contribution in [0.1, 0.15) is 43.5 Å². The number of nitro benzene ring substituents is 1. The van der Waals surface area contributed by atoms with Crippen molar-refractivity contribution >= 4 is 17.3 Å². The Hall–Kier alpha value is -2.11. The summed E-state index contributed by atoms with van der Waals surface area (Å²) in [6, 6.07) is 4.59. The van der Waals surface area contributed by atoms with Crippen molar-refractivity contribution in [1.82, 2.24) is 5.32 Å². The number of carbonyl (C=O) groups is 1. The van der Waals surface area contributed by atoms with E-state index in [4.69, 9.17) is 0 Å². The number of nitro groups is 1. The van der Waals surface area contributed by atoms with Gasteiger partial charge in [0.15, 0.2) is 0 Å². The topological polar surface area (TPSA) is 84.3 Å². The third-order valence-corrected chi connectivity index (χ3v) is 3.58. The van der Waals surface area contributed by atoms with Crippen LogP contribution >= 0.6 is 0 Å². The third-order valence-electron chi connectivity index (χ3n) is 3.58. The molecule has 0 radical (unpaired) electrons. The Labute approximate surface area is 124 Å². The monoisotopic (exact) mass is 291 g/mol. The second-order valence-electron chi connectivity index (χ2n) is 5.57. The normalized spacial score (nSPS) is 15.3. The molecule has 1 atom stereocenters. The van der Waals surface area contributed by atoms with E-state index in [-0.39, 0.29) is 17.6 Å². The molecule has 2 N–H and O–H groups in total. The number of carbonyl (C=O) groups excluding carboxylic acids is 1. The molecule has 114 valence electrons. The van der Waals surface area contributed by atoms with Crippen LogP contribution in [0.3, 0.4) is 0 Å². The Morgan fingerprint density at radius 3 is 2.76 bits per heavy atom. The lowest BCUT2D eigenvalue weighted by Gasteiger charge is -2.15. The summed E-state index contributed by atoms with van der Waals surface area (Å²) in [5.74, 6) is 0.517. The number of anilines is 1. The van der Waals surface area contributed by atoms with E-state index in [2.05, 4.69) is 10.6 Å². The predicted octanol–water partition coefficient (Wildman–Crippen LogP) is 2.95. The largest absolute Gasteiger partial charge is 0.377 e. The first kappa shape index (κ1) is 15.3. The van der Waals surface area contributed by atoms with Gasteiger partial charge < -0.3 is 10.6 Å². The molecule has 1 saturated carbocycles. The molecule has 1 aliphatic carbocycles. The average Bonchev–Trinajstić information content (AvgIpc) is 3.22. The maximum atomic E-state index is 11.8. The minimum atomic E-state index is -0.423. The van der Waals surface area contributed by atoms with Crippen LogP contribution in [-0.2, 0) is 0 Å². The van der Waals surface area contributed by atoms with Gasteiger partial charge in [-0.15, -0.1) is 0 Å². The number of hydrogen-bond donors (Lipinski definition) is 2. The van der Waals surface area contributed by atoms with E-state index < -0.39 is 4.92 Å². The SMILES string of the molecule is CCNC(=O)c1ccc([N+](=O)[O-])c(NC(C)CC2CC2)c1. The summed E-state index contributed by atoms with van der Waals surface area (Å²) in [5, 5.41) is 17.0. The van der Waals surface area contributed by atoms with Crippen LogP contribution in [0.4, 0.5) is 11.4 Å². The zero-order chi connectivity index (χ0) is 15.4. The lowest BCUT2D eigenvalue weighted by molar-refractivity contribution is -0.384. The van der Waals surface area contributed by atoms with Crippen LogP contribution in [0.2, 0.25) is 0 Å². The molecule has 0 aromatic heterocycles. The van der Waals surface area contributed by atoms with E-state index in [0.717, 1.165) is 12.3 Å². The van der Waals surface area contributed by atoms with Crippen LogP contribution in [-0.4, -0.2) is 23.4 Å². The van der Waals surface area contributed by atoms with Crippen molar-refractivity contribution in [1.29, 1.82) is 0 Å². The Morgan fingerprint density at radius 2 is 2.19 bits per heavy atom. The van der Waals surface area contributed by atoms with Gasteiger partial charge in [0.1, 0.15) is 5.69 Å². The van der Waals surface area contributed by atoms with Gasteiger partial charge in [0.25, 0.3) is 11.6 Å². The molecule has 1 amide bonds. The van der Waals surface area contributed by atoms with Crippen LogP contribution in [0.25, 0.3) is 0 Å². The fourth-order valence-corrected chi connectivity index (χ4v) is 2.39. The fourth-order valence-electron chi connectivity index (χ4n) is 2.39. The van der Waals surface area contributed by atoms with E-state index in [1.54, 1.807) is 6.07 Å². The summed E-state index contributed by atoms with van der Waals surface area (Å²) < 4.78 is 0. The molecule has 1 aliphatic rings. The zero-order valence-electron chi connectivity index (χ0n) is 12.4. The molecule has 0 heterocycles. The summed E-state index contributed by atoms with van der Waals surface area (Å²) in [6.07, 6.45) is 3.49. The standard InChI is InChI=1S/C15H21N3O3/c1-3-16-15(19)12-6-7-14(18(20)21)13(9-12)17-10(2)8-11-4-5-11/h6-7,9-11,17H,3-5,8H2,1-2H3,(H,16,19). The highest BCUT2D eigenvalue weighted by atomic mass is 16.6. The van der Waals surface area contributed by atoms with E-state index in [1.807, 2.05) is 13.8 Å². The summed E-state index contributed by atoms with van der Waals surface area (Å²) in [7, 11) is 0. The van der Waals surface area contributed by atoms with Gasteiger partial charge in [-0.05, 0) is 38.3 Å². The minimum Gasteiger partial charge on any atom is -0.377 e. The minimum absolute atomic E-state index is 0.00527. The lowest BCUT2D eigenvalue weighted by atomic mass is 10.1. The first-order valence-electron chi connectivity index (χ1n) is 7.34. The average molecular weight is 291 g/mol. The molecule has 2 rings (SSSR count). The molecule has 0 bridgehead atoms. The smallest absolute Gasteiger partial charge is 0.292 e. The molecule has 1 unspecified atom stereocenters. The molecule has 6 nitrogen and oxygen atoms in total. The number of benzene rings is 1. The molecule has 0 spiro atoms. The quantitative estimate of drug-likeness (QED) is 0.597. The molecule has 1 fully saturated rings. The first-order valence-corrected chi connectivity index (χ1v) is 7.34. The van der Waals surface area contributed by atoms with E-state index >= 15 is 0 Å². The summed E-state index contributed by atoms with van der Waals surface area (Å²) in [5.41, 5.74) is 0.853. The third kappa shape index (κ3) is 4.18. The summed E-state index contributed by atoms with van der Waals surface area (Å²) >= 11 is 0. The van der Waals surface area contributed by atoms with E-state index in [1.165, 1.54) is 25.0 Å². The molecule has 0 aliphatic heterocycles. The van der Waals surface area contributed by atoms with Gasteiger partial charge in [-0.3, -0.25) is 14.9 Å². The van der Waals surface area contributed by atoms with Gasteiger partial charge in [-0.2, -0.15) is 0 Å². The lowest BCUT2D eigenvalue weighted by Crippen LogP contribution is -2.23. The highest BCUT2D eigenvalue weighted by molar-refractivity contribution is 5.95. The van der Waals surface area contributed by atoms with Crippen molar-refractivity contribution in [3.8, 4) is 0 Å². The summed E-state index contributed by atoms with van der Waals surface area (Å²) in [4.78, 5) is 22.5. The van der Waals surface area contributed by atoms with E-state index in [9.17, 15) is 14.9 Å². The Bertz CT molecular complexity index is 541. The fraction of sp³-hybridized carbons (Fsp3) is 0.533. The Morgan fingerprint density at radius 1 is 1.48 bits per heavy atom. The van der Waals surface area contributed by atoms with Gasteiger partial charge >= 0.3 is 0 Å². The Kier molecular flexibility index (Phi) is 4.77. The highest BCUT2D eigenvalue weighted by Gasteiger charge is 2.25. The van der Waals surface area contributed by atoms with Crippen molar-refractivity contribution in [3.05, 3.63) is 33.9 Å². The van der Waals surface area contributed by atoms with Gasteiger partial charge in [-0.25, -0.2) is 0 Å². The van der Waals surface area contributed by atoms with Crippen molar-refractivity contribution in [2.75, 3.05) is 11.9 Å². The molecule has 6 heteroatoms. The molecule has 21 heavy (non-hydrogen) atoms. The number of hydrogen-bond acceptors (Lipinski definition) is 4. The zero-order valence-corrected chi connectivity index (χ0v) is 12.4. The van der Waals surface area contributed by atoms with Crippen molar-refractivity contribution in [2.24, 2.45) is 5.92 Å². The number of amides is 1. The van der Waals surface area contributed by atoms with Gasteiger partial charge in [0.05, 0.1) is 4.92 Å². The number of rotatable bonds is 7.